The number of aromatic nitrogens is 2. The lowest BCUT2D eigenvalue weighted by molar-refractivity contribution is 0.415. The van der Waals surface area contributed by atoms with E-state index in [4.69, 9.17) is 17.0 Å². The van der Waals surface area contributed by atoms with Gasteiger partial charge in [-0.2, -0.15) is 5.10 Å². The summed E-state index contributed by atoms with van der Waals surface area (Å²) in [5, 5.41) is 11.2. The predicted octanol–water partition coefficient (Wildman–Crippen LogP) is 2.58. The number of methoxy groups -OCH3 is 1. The van der Waals surface area contributed by atoms with Crippen LogP contribution in [0.25, 0.3) is 0 Å². The molecule has 0 saturated heterocycles. The quantitative estimate of drug-likeness (QED) is 0.634. The van der Waals surface area contributed by atoms with Gasteiger partial charge in [-0.15, -0.1) is 0 Å². The van der Waals surface area contributed by atoms with Gasteiger partial charge < -0.3 is 15.4 Å². The summed E-state index contributed by atoms with van der Waals surface area (Å²) < 4.78 is 7.05. The van der Waals surface area contributed by atoms with E-state index >= 15 is 0 Å². The topological polar surface area (TPSA) is 51.1 Å². The summed E-state index contributed by atoms with van der Waals surface area (Å²) in [6.07, 6.45) is 4.86. The number of ether oxygens (including phenoxy) is 1. The van der Waals surface area contributed by atoms with E-state index < -0.39 is 0 Å². The summed E-state index contributed by atoms with van der Waals surface area (Å²) in [5.41, 5.74) is 2.12. The van der Waals surface area contributed by atoms with Crippen molar-refractivity contribution in [2.24, 2.45) is 0 Å². The van der Waals surface area contributed by atoms with Crippen molar-refractivity contribution in [3.63, 3.8) is 0 Å². The van der Waals surface area contributed by atoms with Crippen LogP contribution in [0, 0.1) is 6.92 Å². The van der Waals surface area contributed by atoms with Gasteiger partial charge >= 0.3 is 0 Å². The Balaban J connectivity index is 1.67. The molecule has 1 heterocycles. The van der Waals surface area contributed by atoms with Gasteiger partial charge in [0.1, 0.15) is 5.75 Å². The maximum Gasteiger partial charge on any atom is 0.170 e. The van der Waals surface area contributed by atoms with Gasteiger partial charge in [-0.1, -0.05) is 0 Å². The smallest absolute Gasteiger partial charge is 0.170 e. The van der Waals surface area contributed by atoms with E-state index in [0.717, 1.165) is 30.9 Å². The molecule has 5 nitrogen and oxygen atoms in total. The van der Waals surface area contributed by atoms with Crippen molar-refractivity contribution in [1.82, 2.24) is 15.1 Å². The summed E-state index contributed by atoms with van der Waals surface area (Å²) in [6, 6.07) is 7.65. The molecule has 2 N–H and O–H groups in total. The Hall–Kier alpha value is -2.08. The van der Waals surface area contributed by atoms with E-state index in [2.05, 4.69) is 15.7 Å². The molecule has 0 aliphatic rings. The average molecular weight is 304 g/mol. The first-order valence-corrected chi connectivity index (χ1v) is 7.26. The first-order valence-electron chi connectivity index (χ1n) is 6.85. The highest BCUT2D eigenvalue weighted by atomic mass is 32.1. The summed E-state index contributed by atoms with van der Waals surface area (Å²) in [6.45, 7) is 3.72. The van der Waals surface area contributed by atoms with Crippen molar-refractivity contribution in [3.8, 4) is 5.75 Å². The number of hydrogen-bond acceptors (Lipinski definition) is 3. The fraction of sp³-hybridized carbons (Fsp3) is 0.333. The van der Waals surface area contributed by atoms with Gasteiger partial charge in [-0.05, 0) is 55.4 Å². The number of nitrogens with one attached hydrogen (secondary N) is 2. The van der Waals surface area contributed by atoms with Gasteiger partial charge in [0.2, 0.25) is 0 Å². The molecule has 21 heavy (non-hydrogen) atoms. The summed E-state index contributed by atoms with van der Waals surface area (Å²) in [5.74, 6) is 0.828. The molecular formula is C15H20N4OS. The normalized spacial score (nSPS) is 10.2. The van der Waals surface area contributed by atoms with Crippen LogP contribution in [0.5, 0.6) is 5.75 Å². The van der Waals surface area contributed by atoms with E-state index in [-0.39, 0.29) is 0 Å². The molecule has 0 saturated carbocycles. The Kier molecular flexibility index (Phi) is 5.57. The van der Waals surface area contributed by atoms with E-state index in [9.17, 15) is 0 Å². The Labute approximate surface area is 130 Å². The molecule has 0 amide bonds. The van der Waals surface area contributed by atoms with Gasteiger partial charge in [0.25, 0.3) is 0 Å². The van der Waals surface area contributed by atoms with E-state index in [1.807, 2.05) is 48.3 Å². The van der Waals surface area contributed by atoms with Crippen LogP contribution in [-0.2, 0) is 6.54 Å². The number of hydrogen-bond donors (Lipinski definition) is 2. The third-order valence-corrected chi connectivity index (χ3v) is 3.21. The predicted molar refractivity (Wildman–Crippen MR) is 88.8 cm³/mol. The molecule has 0 aliphatic carbocycles. The fourth-order valence-corrected chi connectivity index (χ4v) is 2.10. The molecule has 0 bridgehead atoms. The Morgan fingerprint density at radius 1 is 1.33 bits per heavy atom. The Bertz CT molecular complexity index is 580. The van der Waals surface area contributed by atoms with Crippen LogP contribution in [0.2, 0.25) is 0 Å². The SMILES string of the molecule is COc1ccc(NC(=S)NCCCn2cc(C)cn2)cc1. The minimum atomic E-state index is 0.622. The number of rotatable bonds is 6. The second-order valence-corrected chi connectivity index (χ2v) is 5.15. The van der Waals surface area contributed by atoms with Crippen LogP contribution in [0.1, 0.15) is 12.0 Å². The zero-order valence-corrected chi connectivity index (χ0v) is 13.1. The summed E-state index contributed by atoms with van der Waals surface area (Å²) >= 11 is 5.26. The molecule has 0 fully saturated rings. The zero-order chi connectivity index (χ0) is 15.1. The van der Waals surface area contributed by atoms with E-state index in [1.165, 1.54) is 5.56 Å². The fourth-order valence-electron chi connectivity index (χ4n) is 1.88. The van der Waals surface area contributed by atoms with Crippen LogP contribution in [0.4, 0.5) is 5.69 Å². The molecule has 0 unspecified atom stereocenters. The second kappa shape index (κ2) is 7.64. The first-order chi connectivity index (χ1) is 10.2. The van der Waals surface area contributed by atoms with Crippen molar-refractivity contribution in [3.05, 3.63) is 42.2 Å². The van der Waals surface area contributed by atoms with Crippen molar-refractivity contribution in [2.75, 3.05) is 19.0 Å². The van der Waals surface area contributed by atoms with E-state index in [0.29, 0.717) is 5.11 Å². The highest BCUT2D eigenvalue weighted by Gasteiger charge is 1.99. The first kappa shape index (κ1) is 15.3. The molecule has 0 atom stereocenters. The average Bonchev–Trinajstić information content (AvgIpc) is 2.90. The monoisotopic (exact) mass is 304 g/mol. The number of nitrogens with zero attached hydrogens (tertiary/aromatic N) is 2. The van der Waals surface area contributed by atoms with Crippen molar-refractivity contribution >= 4 is 23.0 Å². The van der Waals surface area contributed by atoms with Gasteiger partial charge in [0.15, 0.2) is 5.11 Å². The van der Waals surface area contributed by atoms with Crippen LogP contribution in [0.15, 0.2) is 36.7 Å². The highest BCUT2D eigenvalue weighted by molar-refractivity contribution is 7.80. The molecule has 0 radical (unpaired) electrons. The molecule has 1 aromatic heterocycles. The maximum atomic E-state index is 5.26. The molecule has 6 heteroatoms. The molecule has 0 spiro atoms. The molecule has 2 aromatic rings. The molecular weight excluding hydrogens is 284 g/mol. The van der Waals surface area contributed by atoms with Crippen LogP contribution in [-0.4, -0.2) is 28.5 Å². The molecule has 0 aliphatic heterocycles. The second-order valence-electron chi connectivity index (χ2n) is 4.74. The van der Waals surface area contributed by atoms with Gasteiger partial charge in [0.05, 0.1) is 13.3 Å². The third kappa shape index (κ3) is 5.07. The standard InChI is InChI=1S/C15H20N4OS/c1-12-10-17-19(11-12)9-3-8-16-15(21)18-13-4-6-14(20-2)7-5-13/h4-7,10-11H,3,8-9H2,1-2H3,(H2,16,18,21). The maximum absolute atomic E-state index is 5.26. The largest absolute Gasteiger partial charge is 0.497 e. The Morgan fingerprint density at radius 3 is 2.71 bits per heavy atom. The van der Waals surface area contributed by atoms with Crippen LogP contribution < -0.4 is 15.4 Å². The molecule has 1 aromatic carbocycles. The molecule has 2 rings (SSSR count). The number of aryl methyl sites for hydroxylation is 2. The third-order valence-electron chi connectivity index (χ3n) is 2.96. The summed E-state index contributed by atoms with van der Waals surface area (Å²) in [7, 11) is 1.65. The van der Waals surface area contributed by atoms with Crippen LogP contribution >= 0.6 is 12.2 Å². The lowest BCUT2D eigenvalue weighted by Gasteiger charge is -2.11. The zero-order valence-electron chi connectivity index (χ0n) is 12.3. The lowest BCUT2D eigenvalue weighted by atomic mass is 10.3. The van der Waals surface area contributed by atoms with Crippen molar-refractivity contribution in [1.29, 1.82) is 0 Å². The van der Waals surface area contributed by atoms with Crippen molar-refractivity contribution in [2.45, 2.75) is 19.9 Å². The van der Waals surface area contributed by atoms with Crippen molar-refractivity contribution < 1.29 is 4.74 Å². The number of benzene rings is 1. The van der Waals surface area contributed by atoms with Crippen LogP contribution in [0.3, 0.4) is 0 Å². The number of anilines is 1. The van der Waals surface area contributed by atoms with Gasteiger partial charge in [-0.3, -0.25) is 4.68 Å². The van der Waals surface area contributed by atoms with E-state index in [1.54, 1.807) is 7.11 Å². The minimum absolute atomic E-state index is 0.622. The Morgan fingerprint density at radius 2 is 2.10 bits per heavy atom. The summed E-state index contributed by atoms with van der Waals surface area (Å²) in [4.78, 5) is 0. The molecule has 112 valence electrons. The lowest BCUT2D eigenvalue weighted by Crippen LogP contribution is -2.29. The highest BCUT2D eigenvalue weighted by Crippen LogP contribution is 2.14. The minimum Gasteiger partial charge on any atom is -0.497 e. The van der Waals surface area contributed by atoms with Gasteiger partial charge in [0, 0.05) is 25.0 Å². The van der Waals surface area contributed by atoms with Gasteiger partial charge in [-0.25, -0.2) is 0 Å². The number of thiocarbonyl (C=S) groups is 1.